The molecule has 9 aromatic carbocycles. The van der Waals surface area contributed by atoms with E-state index < -0.39 is 233 Å². The minimum absolute atomic E-state index is 0.00867. The number of rotatable bonds is 33. The van der Waals surface area contributed by atoms with Crippen LogP contribution in [0, 0.1) is 33.5 Å². The molecule has 1 amide bonds. The highest BCUT2D eigenvalue weighted by Crippen LogP contribution is 2.68. The van der Waals surface area contributed by atoms with Crippen LogP contribution >= 0.6 is 0 Å². The number of carbonyl (C=O) groups is 11. The number of nitrogens with one attached hydrogen (secondary N) is 1. The molecule has 6 fully saturated rings. The van der Waals surface area contributed by atoms with Gasteiger partial charge in [0.2, 0.25) is 0 Å². The van der Waals surface area contributed by atoms with Crippen LogP contribution in [0.5, 0.6) is 0 Å². The zero-order valence-electron chi connectivity index (χ0n) is 84.7. The van der Waals surface area contributed by atoms with Crippen molar-refractivity contribution in [2.75, 3.05) is 26.8 Å². The minimum Gasteiger partial charge on any atom is -0.456 e. The molecule has 0 spiro atoms. The third kappa shape index (κ3) is 21.9. The maximum Gasteiger partial charge on any atom is 0.509 e. The number of aliphatic hydroxyl groups excluding tert-OH is 2. The number of benzene rings is 9. The van der Waals surface area contributed by atoms with E-state index >= 15 is 19.2 Å². The zero-order chi connectivity index (χ0) is 107. The van der Waals surface area contributed by atoms with Crippen LogP contribution in [0.1, 0.15) is 167 Å². The van der Waals surface area contributed by atoms with Crippen LogP contribution in [0.25, 0.3) is 0 Å². The normalized spacial score (nSPS) is 28.3. The van der Waals surface area contributed by atoms with Gasteiger partial charge in [0.15, 0.2) is 41.1 Å². The summed E-state index contributed by atoms with van der Waals surface area (Å²) in [5, 5.41) is 55.1. The highest BCUT2D eigenvalue weighted by atomic mass is 16.7. The summed E-state index contributed by atoms with van der Waals surface area (Å²) < 4.78 is 104. The van der Waals surface area contributed by atoms with E-state index in [4.69, 9.17) is 86.3 Å². The molecule has 6 aliphatic carbocycles. The lowest BCUT2D eigenvalue weighted by molar-refractivity contribution is -0.346. The summed E-state index contributed by atoms with van der Waals surface area (Å²) in [5.41, 5.74) is -4.79. The lowest BCUT2D eigenvalue weighted by Crippen LogP contribution is -2.82. The monoisotopic (exact) mass is 2060 g/mol. The summed E-state index contributed by atoms with van der Waals surface area (Å²) in [6.07, 6.45) is -24.4. The maximum absolute atomic E-state index is 16.9. The average Bonchev–Trinajstić information content (AvgIpc) is 0.668. The smallest absolute Gasteiger partial charge is 0.456 e. The highest BCUT2D eigenvalue weighted by molar-refractivity contribution is 5.97. The van der Waals surface area contributed by atoms with Crippen molar-refractivity contribution in [1.29, 1.82) is 0 Å². The number of nitrogens with two attached hydrogens (primary N) is 1. The van der Waals surface area contributed by atoms with E-state index in [2.05, 4.69) is 5.32 Å². The number of amides is 1. The second kappa shape index (κ2) is 45.8. The van der Waals surface area contributed by atoms with E-state index in [0.717, 1.165) is 18.1 Å². The minimum atomic E-state index is -2.59. The molecule has 17 rings (SSSR count). The Morgan fingerprint density at radius 2 is 0.780 bits per heavy atom. The van der Waals surface area contributed by atoms with Crippen molar-refractivity contribution >= 4 is 65.8 Å². The molecular weight excluding hydrogens is 1930 g/mol. The van der Waals surface area contributed by atoms with Gasteiger partial charge in [-0.3, -0.25) is 19.2 Å². The van der Waals surface area contributed by atoms with Gasteiger partial charge in [0.05, 0.1) is 78.4 Å². The van der Waals surface area contributed by atoms with Crippen LogP contribution < -0.4 is 11.1 Å². The molecule has 0 radical (unpaired) electrons. The molecule has 2 aliphatic heterocycles. The van der Waals surface area contributed by atoms with E-state index in [1.54, 1.807) is 217 Å². The first kappa shape index (κ1) is 109. The number of carbonyl (C=O) groups excluding carboxylic acids is 11. The quantitative estimate of drug-likeness (QED) is 0.00731. The average molecular weight is 2060 g/mol. The molecule has 7 N–H and O–H groups in total. The molecule has 22 atom stereocenters. The summed E-state index contributed by atoms with van der Waals surface area (Å²) in [4.78, 5) is 160. The van der Waals surface area contributed by atoms with Crippen molar-refractivity contribution in [3.63, 3.8) is 0 Å². The van der Waals surface area contributed by atoms with Crippen LogP contribution in [0.3, 0.4) is 0 Å². The van der Waals surface area contributed by atoms with Crippen molar-refractivity contribution in [1.82, 2.24) is 5.32 Å². The lowest BCUT2D eigenvalue weighted by atomic mass is 9.44. The number of Topliss-reactive ketones (excluding diaryl/α,β-unsaturated/α-hetero) is 2. The van der Waals surface area contributed by atoms with Crippen molar-refractivity contribution in [3.05, 3.63) is 345 Å². The summed E-state index contributed by atoms with van der Waals surface area (Å²) >= 11 is 0. The second-order valence-corrected chi connectivity index (χ2v) is 40.5. The molecule has 2 heterocycles. The van der Waals surface area contributed by atoms with Crippen LogP contribution in [0.4, 0.5) is 14.4 Å². The number of hydrogen-bond donors (Lipinski definition) is 6. The Morgan fingerprint density at radius 3 is 1.20 bits per heavy atom. The van der Waals surface area contributed by atoms with Gasteiger partial charge in [0.1, 0.15) is 93.4 Å². The molecule has 2 saturated heterocycles. The summed E-state index contributed by atoms with van der Waals surface area (Å²) in [5.74, 6) is -10.6. The number of alkyl carbamates (subject to hydrolysis) is 1. The molecular formula is C116H124N2O32. The Labute approximate surface area is 867 Å². The summed E-state index contributed by atoms with van der Waals surface area (Å²) in [6.45, 7) is 12.5. The third-order valence-electron chi connectivity index (χ3n) is 31.0. The number of aliphatic hydroxyl groups is 4. The van der Waals surface area contributed by atoms with Gasteiger partial charge in [-0.1, -0.05) is 276 Å². The summed E-state index contributed by atoms with van der Waals surface area (Å²) in [7, 11) is 0. The van der Waals surface area contributed by atoms with E-state index in [9.17, 15) is 54.0 Å². The van der Waals surface area contributed by atoms with Crippen LogP contribution in [-0.2, 0) is 142 Å². The van der Waals surface area contributed by atoms with Crippen LogP contribution in [-0.4, -0.2) is 209 Å². The maximum atomic E-state index is 16.9. The predicted octanol–water partition coefficient (Wildman–Crippen LogP) is 14.5. The Morgan fingerprint density at radius 1 is 0.420 bits per heavy atom. The largest absolute Gasteiger partial charge is 0.509 e. The molecule has 34 heteroatoms. The Bertz CT molecular complexity index is 6390. The first-order chi connectivity index (χ1) is 71.8. The van der Waals surface area contributed by atoms with Crippen molar-refractivity contribution in [2.45, 2.75) is 236 Å². The molecule has 0 aromatic heterocycles. The summed E-state index contributed by atoms with van der Waals surface area (Å²) in [6, 6.07) is 75.5. The number of hydrogen-bond acceptors (Lipinski definition) is 33. The number of esters is 6. The topological polar surface area (TPSA) is 464 Å². The standard InChI is InChI=1S/C70H71NO19.C46H53NO13/c1-44-52(86-63(75)58(85-43-80-38-46-24-12-6-13-25-46)56(50-32-20-10-21-33-50)71-64(76)81-39-47-26-14-7-15-27-47)37-70(79)61(89-62(74)51-34-22-11-23-35-51)59-68(5,60(73)57(55(44)67(70,3)4)88-66(78)83-41-49-30-18-9-19-31-49)53(36-54-69(59,42-84-54)90-45(2)72)87-65(77)82-40-48-28-16-8-17-29-48;1-26-31(58-42(53)37(35(47)29-17-11-7-12-18-29)57-25-55-23-28-15-9-6-10-16-28)22-46(54)40(59-41(52)30-19-13-8-14-20-30)38-44(5,39(51)36(50)34(26)43(46,3)4)32(49)21-33-45(38,24-56-33)60-27(2)48/h6-35,52-54,56-59,61,79H,36-43H2,1-5H3,(H,71,76);6-20,31-33,35-38,40,49-50,54H,21-25,47H2,1-5H3/t52-,53-,54+,56?,57+,58+,59-,61-,68+,69-,70+;31-,32-,33+,35?,36+,37+,38-,40-,44+,45-,46+/m00/s1. The van der Waals surface area contributed by atoms with Gasteiger partial charge in [0.25, 0.3) is 0 Å². The van der Waals surface area contributed by atoms with Crippen LogP contribution in [0.15, 0.2) is 295 Å². The molecule has 150 heavy (non-hydrogen) atoms. The molecule has 4 saturated carbocycles. The fraction of sp³-hybridized carbons (Fsp3) is 0.405. The van der Waals surface area contributed by atoms with E-state index in [1.165, 1.54) is 52.0 Å². The lowest BCUT2D eigenvalue weighted by Gasteiger charge is -2.67. The first-order valence-corrected chi connectivity index (χ1v) is 49.7. The Kier molecular flexibility index (Phi) is 33.2. The molecule has 2 unspecified atom stereocenters. The molecule has 4 bridgehead atoms. The zero-order valence-corrected chi connectivity index (χ0v) is 84.7. The van der Waals surface area contributed by atoms with Crippen molar-refractivity contribution in [2.24, 2.45) is 39.2 Å². The molecule has 8 aliphatic rings. The van der Waals surface area contributed by atoms with Gasteiger partial charge in [-0.25, -0.2) is 33.6 Å². The van der Waals surface area contributed by atoms with Gasteiger partial charge in [0, 0.05) is 50.4 Å². The van der Waals surface area contributed by atoms with Crippen molar-refractivity contribution in [3.8, 4) is 0 Å². The SMILES string of the molecule is CC(=O)O[C@@]12CO[C@@H]1C[C@H](O)[C@@]1(C)C(=O)[C@H](O)C3=C(C)[C@@H](OC(=O)[C@H](OCOCc4ccccc4)C(N)c4ccccc4)C[C@@](O)([C@@H](OC(=O)c4ccccc4)[C@H]21)C3(C)C.CC(=O)O[C@@]12CO[C@@H]1C[C@H](OC(=O)OCc1ccccc1)[C@@]1(C)C(=O)[C@H](OC(=O)OCc3ccccc3)C3=C(C)[C@@H](OC(=O)[C@H](OCOCc4ccccc4)C(NC(=O)OCc4ccccc4)c4ccccc4)C[C@@](O)([C@@H](OC(=O)c4ccccc4)[C@H]21)C3(C)C. The first-order valence-electron chi connectivity index (χ1n) is 49.7. The fourth-order valence-corrected chi connectivity index (χ4v) is 23.0. The van der Waals surface area contributed by atoms with E-state index in [0.29, 0.717) is 27.8 Å². The van der Waals surface area contributed by atoms with Gasteiger partial charge in [-0.05, 0) is 113 Å². The third-order valence-corrected chi connectivity index (χ3v) is 31.0. The number of ketones is 2. The molecule has 790 valence electrons. The number of fused-ring (bicyclic) bond motifs is 10. The van der Waals surface area contributed by atoms with Gasteiger partial charge in [-0.15, -0.1) is 0 Å². The van der Waals surface area contributed by atoms with Crippen molar-refractivity contribution < 1.29 is 154 Å². The fourth-order valence-electron chi connectivity index (χ4n) is 23.0. The Hall–Kier alpha value is -14.0. The van der Waals surface area contributed by atoms with Gasteiger partial charge in [-0.2, -0.15) is 0 Å². The molecule has 34 nitrogen and oxygen atoms in total. The van der Waals surface area contributed by atoms with Gasteiger partial charge < -0.3 is 112 Å². The Balaban J connectivity index is 0.000000231. The molecule has 9 aromatic rings. The number of ether oxygens (including phenoxy) is 17. The van der Waals surface area contributed by atoms with E-state index in [1.807, 2.05) is 66.7 Å². The second-order valence-electron chi connectivity index (χ2n) is 40.5. The predicted molar refractivity (Wildman–Crippen MR) is 533 cm³/mol. The van der Waals surface area contributed by atoms with Crippen LogP contribution in [0.2, 0.25) is 0 Å². The van der Waals surface area contributed by atoms with Gasteiger partial charge >= 0.3 is 54.2 Å². The van der Waals surface area contributed by atoms with E-state index in [-0.39, 0.29) is 92.7 Å². The highest BCUT2D eigenvalue weighted by Gasteiger charge is 2.81.